The van der Waals surface area contributed by atoms with Crippen LogP contribution in [0.5, 0.6) is 0 Å². The Kier molecular flexibility index (Phi) is 5.71. The monoisotopic (exact) mass is 321 g/mol. The van der Waals surface area contributed by atoms with Crippen LogP contribution in [0.4, 0.5) is 0 Å². The Hall–Kier alpha value is -2.15. The average molecular weight is 321 g/mol. The first kappa shape index (κ1) is 16.2. The molecule has 2 aromatic rings. The van der Waals surface area contributed by atoms with Gasteiger partial charge in [0, 0.05) is 30.7 Å². The molecule has 0 bridgehead atoms. The van der Waals surface area contributed by atoms with Gasteiger partial charge in [0.2, 0.25) is 5.91 Å². The van der Waals surface area contributed by atoms with Gasteiger partial charge in [-0.05, 0) is 19.9 Å². The summed E-state index contributed by atoms with van der Waals surface area (Å²) in [5, 5.41) is 1.94. The standard InChI is InChI=1S/C15H19N3O3S/c1-3-17(8-7-14(20)21-4-2)13(19)6-5-12-11-16-15-18(12)9-10-22-15/h5-6,9-11H,3-4,7-8H2,1-2H3/b6-5+. The lowest BCUT2D eigenvalue weighted by Gasteiger charge is -2.18. The minimum absolute atomic E-state index is 0.128. The second kappa shape index (κ2) is 7.74. The van der Waals surface area contributed by atoms with Gasteiger partial charge in [0.15, 0.2) is 4.96 Å². The van der Waals surface area contributed by atoms with Crippen LogP contribution in [-0.4, -0.2) is 45.9 Å². The zero-order chi connectivity index (χ0) is 15.9. The number of carbonyl (C=O) groups is 2. The zero-order valence-corrected chi connectivity index (χ0v) is 13.5. The molecule has 0 aromatic carbocycles. The molecule has 0 radical (unpaired) electrons. The maximum absolute atomic E-state index is 12.2. The third kappa shape index (κ3) is 3.94. The van der Waals surface area contributed by atoms with Crippen LogP contribution in [0.3, 0.4) is 0 Å². The van der Waals surface area contributed by atoms with E-state index in [-0.39, 0.29) is 18.3 Å². The molecule has 0 atom stereocenters. The van der Waals surface area contributed by atoms with Crippen molar-refractivity contribution in [1.82, 2.24) is 14.3 Å². The number of hydrogen-bond donors (Lipinski definition) is 0. The Morgan fingerprint density at radius 3 is 3.00 bits per heavy atom. The molecule has 2 rings (SSSR count). The first-order valence-electron chi connectivity index (χ1n) is 7.18. The maximum Gasteiger partial charge on any atom is 0.307 e. The molecule has 118 valence electrons. The van der Waals surface area contributed by atoms with Crippen molar-refractivity contribution in [2.24, 2.45) is 0 Å². The quantitative estimate of drug-likeness (QED) is 0.579. The summed E-state index contributed by atoms with van der Waals surface area (Å²) >= 11 is 1.54. The molecule has 0 N–H and O–H groups in total. The van der Waals surface area contributed by atoms with Gasteiger partial charge in [-0.2, -0.15) is 0 Å². The second-order valence-corrected chi connectivity index (χ2v) is 5.42. The zero-order valence-electron chi connectivity index (χ0n) is 12.7. The average Bonchev–Trinajstić information content (AvgIpc) is 3.09. The number of rotatable bonds is 7. The van der Waals surface area contributed by atoms with Crippen LogP contribution in [0.25, 0.3) is 11.0 Å². The van der Waals surface area contributed by atoms with Crippen molar-refractivity contribution in [3.05, 3.63) is 29.5 Å². The number of ether oxygens (including phenoxy) is 1. The predicted octanol–water partition coefficient (Wildman–Crippen LogP) is 2.21. The number of thiazole rings is 1. The fourth-order valence-corrected chi connectivity index (χ4v) is 2.71. The van der Waals surface area contributed by atoms with Crippen molar-refractivity contribution in [1.29, 1.82) is 0 Å². The predicted molar refractivity (Wildman–Crippen MR) is 85.6 cm³/mol. The van der Waals surface area contributed by atoms with Gasteiger partial charge in [0.1, 0.15) is 0 Å². The molecule has 0 spiro atoms. The summed E-state index contributed by atoms with van der Waals surface area (Å²) in [4.78, 5) is 30.3. The number of hydrogen-bond acceptors (Lipinski definition) is 5. The van der Waals surface area contributed by atoms with Crippen molar-refractivity contribution in [3.8, 4) is 0 Å². The SMILES string of the molecule is CCOC(=O)CCN(CC)C(=O)/C=C/c1cnc2sccn12. The van der Waals surface area contributed by atoms with Gasteiger partial charge in [-0.3, -0.25) is 14.0 Å². The van der Waals surface area contributed by atoms with Crippen molar-refractivity contribution >= 4 is 34.3 Å². The molecule has 1 amide bonds. The number of likely N-dealkylation sites (N-methyl/N-ethyl adjacent to an activating group) is 1. The second-order valence-electron chi connectivity index (χ2n) is 4.54. The van der Waals surface area contributed by atoms with E-state index in [0.717, 1.165) is 10.7 Å². The highest BCUT2D eigenvalue weighted by Gasteiger charge is 2.11. The number of esters is 1. The largest absolute Gasteiger partial charge is 0.466 e. The van der Waals surface area contributed by atoms with E-state index in [4.69, 9.17) is 4.74 Å². The highest BCUT2D eigenvalue weighted by Crippen LogP contribution is 2.13. The Balaban J connectivity index is 1.95. The highest BCUT2D eigenvalue weighted by molar-refractivity contribution is 7.15. The van der Waals surface area contributed by atoms with Crippen LogP contribution < -0.4 is 0 Å². The van der Waals surface area contributed by atoms with Crippen LogP contribution in [0, 0.1) is 0 Å². The molecule has 7 heteroatoms. The lowest BCUT2D eigenvalue weighted by molar-refractivity contribution is -0.143. The molecular weight excluding hydrogens is 302 g/mol. The molecule has 0 saturated heterocycles. The lowest BCUT2D eigenvalue weighted by atomic mass is 10.3. The molecule has 0 aliphatic heterocycles. The van der Waals surface area contributed by atoms with E-state index in [2.05, 4.69) is 4.98 Å². The van der Waals surface area contributed by atoms with Crippen molar-refractivity contribution in [2.75, 3.05) is 19.7 Å². The van der Waals surface area contributed by atoms with E-state index in [1.54, 1.807) is 35.4 Å². The maximum atomic E-state index is 12.2. The van der Waals surface area contributed by atoms with E-state index in [0.29, 0.717) is 19.7 Å². The minimum Gasteiger partial charge on any atom is -0.466 e. The first-order chi connectivity index (χ1) is 10.7. The summed E-state index contributed by atoms with van der Waals surface area (Å²) < 4.78 is 6.79. The fraction of sp³-hybridized carbons (Fsp3) is 0.400. The molecule has 0 aliphatic rings. The fourth-order valence-electron chi connectivity index (χ4n) is 2.01. The number of carbonyl (C=O) groups excluding carboxylic acids is 2. The van der Waals surface area contributed by atoms with Crippen LogP contribution in [0.2, 0.25) is 0 Å². The number of fused-ring (bicyclic) bond motifs is 1. The lowest BCUT2D eigenvalue weighted by Crippen LogP contribution is -2.31. The minimum atomic E-state index is -0.284. The molecule has 22 heavy (non-hydrogen) atoms. The van der Waals surface area contributed by atoms with Crippen LogP contribution >= 0.6 is 11.3 Å². The van der Waals surface area contributed by atoms with Crippen molar-refractivity contribution in [3.63, 3.8) is 0 Å². The molecule has 0 fully saturated rings. The number of amides is 1. The molecule has 6 nitrogen and oxygen atoms in total. The van der Waals surface area contributed by atoms with Gasteiger partial charge < -0.3 is 9.64 Å². The number of nitrogens with zero attached hydrogens (tertiary/aromatic N) is 3. The molecule has 0 saturated carbocycles. The van der Waals surface area contributed by atoms with Crippen molar-refractivity contribution in [2.45, 2.75) is 20.3 Å². The van der Waals surface area contributed by atoms with Gasteiger partial charge in [0.05, 0.1) is 24.9 Å². The van der Waals surface area contributed by atoms with E-state index in [9.17, 15) is 9.59 Å². The summed E-state index contributed by atoms with van der Waals surface area (Å²) in [5.74, 6) is -0.412. The Labute approximate surface area is 133 Å². The number of aromatic nitrogens is 2. The van der Waals surface area contributed by atoms with Crippen LogP contribution in [-0.2, 0) is 14.3 Å². The Bertz CT molecular complexity index is 674. The highest BCUT2D eigenvalue weighted by atomic mass is 32.1. The van der Waals surface area contributed by atoms with Gasteiger partial charge >= 0.3 is 5.97 Å². The number of imidazole rings is 1. The summed E-state index contributed by atoms with van der Waals surface area (Å²) in [5.41, 5.74) is 0.853. The van der Waals surface area contributed by atoms with E-state index < -0.39 is 0 Å². The third-order valence-electron chi connectivity index (χ3n) is 3.16. The van der Waals surface area contributed by atoms with E-state index >= 15 is 0 Å². The molecule has 2 aromatic heterocycles. The smallest absolute Gasteiger partial charge is 0.307 e. The van der Waals surface area contributed by atoms with E-state index in [1.165, 1.54) is 6.08 Å². The van der Waals surface area contributed by atoms with Crippen molar-refractivity contribution < 1.29 is 14.3 Å². The summed E-state index contributed by atoms with van der Waals surface area (Å²) in [6.45, 7) is 4.91. The third-order valence-corrected chi connectivity index (χ3v) is 3.93. The topological polar surface area (TPSA) is 63.9 Å². The molecule has 2 heterocycles. The van der Waals surface area contributed by atoms with Crippen LogP contribution in [0.1, 0.15) is 26.0 Å². The van der Waals surface area contributed by atoms with Gasteiger partial charge in [-0.1, -0.05) is 0 Å². The summed E-state index contributed by atoms with van der Waals surface area (Å²) in [6.07, 6.45) is 7.10. The summed E-state index contributed by atoms with van der Waals surface area (Å²) in [7, 11) is 0. The van der Waals surface area contributed by atoms with E-state index in [1.807, 2.05) is 22.9 Å². The van der Waals surface area contributed by atoms with Gasteiger partial charge in [-0.15, -0.1) is 11.3 Å². The first-order valence-corrected chi connectivity index (χ1v) is 8.06. The Morgan fingerprint density at radius 1 is 1.45 bits per heavy atom. The normalized spacial score (nSPS) is 11.2. The van der Waals surface area contributed by atoms with Gasteiger partial charge in [0.25, 0.3) is 0 Å². The van der Waals surface area contributed by atoms with Crippen LogP contribution in [0.15, 0.2) is 23.8 Å². The Morgan fingerprint density at radius 2 is 2.27 bits per heavy atom. The molecule has 0 unspecified atom stereocenters. The molecular formula is C15H19N3O3S. The summed E-state index contributed by atoms with van der Waals surface area (Å²) in [6, 6.07) is 0. The molecule has 0 aliphatic carbocycles. The van der Waals surface area contributed by atoms with Gasteiger partial charge in [-0.25, -0.2) is 4.98 Å².